The summed E-state index contributed by atoms with van der Waals surface area (Å²) in [6.07, 6.45) is -1.76. The predicted molar refractivity (Wildman–Crippen MR) is 74.6 cm³/mol. The van der Waals surface area contributed by atoms with Crippen molar-refractivity contribution in [3.63, 3.8) is 0 Å². The molecule has 0 radical (unpaired) electrons. The van der Waals surface area contributed by atoms with Crippen LogP contribution in [0, 0.1) is 34.0 Å². The molecule has 1 aliphatic carbocycles. The molecule has 0 saturated heterocycles. The van der Waals surface area contributed by atoms with Crippen molar-refractivity contribution in [3.8, 4) is 12.1 Å². The van der Waals surface area contributed by atoms with E-state index in [4.69, 9.17) is 15.4 Å². The Morgan fingerprint density at radius 3 is 2.18 bits per heavy atom. The largest absolute Gasteiger partial charge is 0.399 e. The summed E-state index contributed by atoms with van der Waals surface area (Å²) < 4.78 is 37.0. The molecule has 22 heavy (non-hydrogen) atoms. The van der Waals surface area contributed by atoms with Crippen LogP contribution in [0.1, 0.15) is 51.4 Å². The summed E-state index contributed by atoms with van der Waals surface area (Å²) in [5.74, 6) is 0.322. The fourth-order valence-electron chi connectivity index (χ4n) is 2.70. The topological polar surface area (TPSA) is 69.2 Å². The molecule has 1 aliphatic rings. The van der Waals surface area contributed by atoms with E-state index in [1.165, 1.54) is 7.11 Å². The Morgan fingerprint density at radius 1 is 1.14 bits per heavy atom. The molecule has 1 saturated carbocycles. The van der Waals surface area contributed by atoms with Crippen LogP contribution in [-0.4, -0.2) is 19.0 Å². The van der Waals surface area contributed by atoms with Crippen molar-refractivity contribution in [2.24, 2.45) is 16.5 Å². The summed E-state index contributed by atoms with van der Waals surface area (Å²) in [4.78, 5) is 4.72. The number of oxime groups is 1. The number of alkyl halides is 3. The highest BCUT2D eigenvalue weighted by Crippen LogP contribution is 2.37. The van der Waals surface area contributed by atoms with Crippen LogP contribution in [0.25, 0.3) is 0 Å². The van der Waals surface area contributed by atoms with Crippen molar-refractivity contribution in [2.75, 3.05) is 7.11 Å². The lowest BCUT2D eigenvalue weighted by Gasteiger charge is -2.26. The van der Waals surface area contributed by atoms with E-state index in [1.54, 1.807) is 12.1 Å². The van der Waals surface area contributed by atoms with Gasteiger partial charge in [-0.25, -0.2) is 0 Å². The van der Waals surface area contributed by atoms with Gasteiger partial charge in [-0.1, -0.05) is 5.16 Å². The van der Waals surface area contributed by atoms with Crippen LogP contribution in [0.3, 0.4) is 0 Å². The number of hydrogen-bond acceptors (Lipinski definition) is 4. The van der Waals surface area contributed by atoms with Gasteiger partial charge in [-0.05, 0) is 50.9 Å². The highest BCUT2D eigenvalue weighted by atomic mass is 19.4. The molecule has 4 nitrogen and oxygen atoms in total. The van der Waals surface area contributed by atoms with Crippen LogP contribution < -0.4 is 0 Å². The molecule has 0 unspecified atom stereocenters. The second-order valence-electron chi connectivity index (χ2n) is 5.74. The maximum atomic E-state index is 12.3. The van der Waals surface area contributed by atoms with Crippen molar-refractivity contribution in [1.29, 1.82) is 10.5 Å². The molecule has 7 heteroatoms. The third-order valence-corrected chi connectivity index (χ3v) is 4.15. The average molecular weight is 315 g/mol. The molecule has 0 atom stereocenters. The van der Waals surface area contributed by atoms with Gasteiger partial charge in [-0.3, -0.25) is 0 Å². The summed E-state index contributed by atoms with van der Waals surface area (Å²) in [5.41, 5.74) is -0.543. The Balaban J connectivity index is 2.51. The van der Waals surface area contributed by atoms with Crippen LogP contribution in [0.2, 0.25) is 0 Å². The van der Waals surface area contributed by atoms with Crippen molar-refractivity contribution < 1.29 is 18.0 Å². The van der Waals surface area contributed by atoms with E-state index in [1.807, 2.05) is 0 Å². The van der Waals surface area contributed by atoms with E-state index in [-0.39, 0.29) is 6.42 Å². The number of hydrogen-bond donors (Lipinski definition) is 0. The first-order valence-corrected chi connectivity index (χ1v) is 7.32. The summed E-state index contributed by atoms with van der Waals surface area (Å²) in [7, 11) is 1.49. The molecule has 1 fully saturated rings. The second kappa shape index (κ2) is 8.03. The number of nitriles is 2. The Labute approximate surface area is 128 Å². The zero-order valence-corrected chi connectivity index (χ0v) is 12.6. The summed E-state index contributed by atoms with van der Waals surface area (Å²) >= 11 is 0. The SMILES string of the molecule is CON=C1CCC(CCC(C#N)(C#N)CCC(F)(F)F)CC1. The highest BCUT2D eigenvalue weighted by Gasteiger charge is 2.37. The minimum atomic E-state index is -4.34. The monoisotopic (exact) mass is 315 g/mol. The van der Waals surface area contributed by atoms with Crippen LogP contribution in [-0.2, 0) is 4.84 Å². The molecule has 0 heterocycles. The molecule has 0 N–H and O–H groups in total. The van der Waals surface area contributed by atoms with Gasteiger partial charge in [0.25, 0.3) is 0 Å². The molecule has 0 aromatic rings. The van der Waals surface area contributed by atoms with Crippen LogP contribution in [0.5, 0.6) is 0 Å². The van der Waals surface area contributed by atoms with Crippen molar-refractivity contribution in [1.82, 2.24) is 0 Å². The van der Waals surface area contributed by atoms with Gasteiger partial charge >= 0.3 is 6.18 Å². The molecule has 0 spiro atoms. The van der Waals surface area contributed by atoms with E-state index < -0.39 is 24.4 Å². The Kier molecular flexibility index (Phi) is 6.67. The van der Waals surface area contributed by atoms with E-state index in [0.717, 1.165) is 31.4 Å². The van der Waals surface area contributed by atoms with Gasteiger partial charge < -0.3 is 4.84 Å². The van der Waals surface area contributed by atoms with Gasteiger partial charge in [0.2, 0.25) is 0 Å². The Hall–Kier alpha value is -1.76. The summed E-state index contributed by atoms with van der Waals surface area (Å²) in [6.45, 7) is 0. The van der Waals surface area contributed by atoms with E-state index in [2.05, 4.69) is 5.16 Å². The lowest BCUT2D eigenvalue weighted by molar-refractivity contribution is -0.138. The van der Waals surface area contributed by atoms with Crippen LogP contribution >= 0.6 is 0 Å². The normalized spacial score (nSPS) is 19.2. The van der Waals surface area contributed by atoms with Gasteiger partial charge in [0.05, 0.1) is 17.9 Å². The van der Waals surface area contributed by atoms with E-state index >= 15 is 0 Å². The quantitative estimate of drug-likeness (QED) is 0.685. The van der Waals surface area contributed by atoms with Gasteiger partial charge in [0.1, 0.15) is 12.5 Å². The molecule has 1 rings (SSSR count). The van der Waals surface area contributed by atoms with Crippen LogP contribution in [0.15, 0.2) is 5.16 Å². The van der Waals surface area contributed by atoms with Gasteiger partial charge in [-0.2, -0.15) is 23.7 Å². The maximum absolute atomic E-state index is 12.3. The predicted octanol–water partition coefficient (Wildman–Crippen LogP) is 4.34. The van der Waals surface area contributed by atoms with Gasteiger partial charge in [0.15, 0.2) is 0 Å². The Morgan fingerprint density at radius 2 is 1.73 bits per heavy atom. The third-order valence-electron chi connectivity index (χ3n) is 4.15. The van der Waals surface area contributed by atoms with Crippen molar-refractivity contribution in [2.45, 2.75) is 57.5 Å². The molecule has 0 aromatic carbocycles. The zero-order chi connectivity index (χ0) is 16.6. The molecular weight excluding hydrogens is 295 g/mol. The van der Waals surface area contributed by atoms with Gasteiger partial charge in [-0.15, -0.1) is 0 Å². The van der Waals surface area contributed by atoms with E-state index in [9.17, 15) is 13.2 Å². The van der Waals surface area contributed by atoms with Crippen molar-refractivity contribution in [3.05, 3.63) is 0 Å². The van der Waals surface area contributed by atoms with Crippen LogP contribution in [0.4, 0.5) is 13.2 Å². The van der Waals surface area contributed by atoms with E-state index in [0.29, 0.717) is 12.3 Å². The first-order valence-electron chi connectivity index (χ1n) is 7.32. The molecule has 122 valence electrons. The van der Waals surface area contributed by atoms with Crippen molar-refractivity contribution >= 4 is 5.71 Å². The molecule has 0 amide bonds. The number of nitrogens with zero attached hydrogens (tertiary/aromatic N) is 3. The fraction of sp³-hybridized carbons (Fsp3) is 0.800. The van der Waals surface area contributed by atoms with Gasteiger partial charge in [0, 0.05) is 6.42 Å². The second-order valence-corrected chi connectivity index (χ2v) is 5.74. The summed E-state index contributed by atoms with van der Waals surface area (Å²) in [6, 6.07) is 3.60. The molecule has 0 bridgehead atoms. The maximum Gasteiger partial charge on any atom is 0.389 e. The standard InChI is InChI=1S/C15H20F3N3O/c1-22-21-13-4-2-12(3-5-13)6-7-14(10-19,11-20)8-9-15(16,17)18/h12H,2-9H2,1H3. The highest BCUT2D eigenvalue weighted by molar-refractivity contribution is 5.84. The average Bonchev–Trinajstić information content (AvgIpc) is 2.49. The minimum Gasteiger partial charge on any atom is -0.399 e. The zero-order valence-electron chi connectivity index (χ0n) is 12.6. The lowest BCUT2D eigenvalue weighted by Crippen LogP contribution is -2.23. The first kappa shape index (κ1) is 18.3. The molecular formula is C15H20F3N3O. The smallest absolute Gasteiger partial charge is 0.389 e. The number of rotatable bonds is 6. The Bertz CT molecular complexity index is 450. The molecule has 0 aliphatic heterocycles. The lowest BCUT2D eigenvalue weighted by atomic mass is 9.76. The summed E-state index contributed by atoms with van der Waals surface area (Å²) in [5, 5.41) is 22.2. The number of halogens is 3. The minimum absolute atomic E-state index is 0.192. The molecule has 0 aromatic heterocycles. The fourth-order valence-corrected chi connectivity index (χ4v) is 2.70. The third kappa shape index (κ3) is 5.93. The first-order chi connectivity index (χ1) is 10.3.